The predicted octanol–water partition coefficient (Wildman–Crippen LogP) is 2.58. The Labute approximate surface area is 157 Å². The summed E-state index contributed by atoms with van der Waals surface area (Å²) in [5, 5.41) is 2.90. The van der Waals surface area contributed by atoms with Gasteiger partial charge in [-0.1, -0.05) is 26.0 Å². The SMILES string of the molecule is Cc1nc(C(C)C)ncc1C(=O)N[C@H]1CC(=O)N(Cc2ccc(F)cc2)C1. The van der Waals surface area contributed by atoms with Crippen LogP contribution in [0.5, 0.6) is 0 Å². The third-order valence-electron chi connectivity index (χ3n) is 4.60. The molecule has 0 aliphatic carbocycles. The molecule has 0 spiro atoms. The van der Waals surface area contributed by atoms with Crippen LogP contribution in [0.1, 0.15) is 53.6 Å². The third-order valence-corrected chi connectivity index (χ3v) is 4.60. The van der Waals surface area contributed by atoms with E-state index in [0.717, 1.165) is 5.56 Å². The number of halogens is 1. The highest BCUT2D eigenvalue weighted by Gasteiger charge is 2.31. The van der Waals surface area contributed by atoms with Crippen LogP contribution in [0, 0.1) is 12.7 Å². The number of benzene rings is 1. The van der Waals surface area contributed by atoms with E-state index in [-0.39, 0.29) is 36.0 Å². The second-order valence-electron chi connectivity index (χ2n) is 7.16. The van der Waals surface area contributed by atoms with Gasteiger partial charge in [-0.15, -0.1) is 0 Å². The average molecular weight is 370 g/mol. The Bertz CT molecular complexity index is 852. The number of carbonyl (C=O) groups is 2. The summed E-state index contributed by atoms with van der Waals surface area (Å²) in [5.74, 6) is 0.272. The molecule has 0 bridgehead atoms. The molecular formula is C20H23FN4O2. The Morgan fingerprint density at radius 2 is 2.04 bits per heavy atom. The van der Waals surface area contributed by atoms with E-state index in [2.05, 4.69) is 15.3 Å². The molecule has 0 saturated carbocycles. The first kappa shape index (κ1) is 18.9. The van der Waals surface area contributed by atoms with Crippen molar-refractivity contribution in [3.63, 3.8) is 0 Å². The van der Waals surface area contributed by atoms with Crippen molar-refractivity contribution in [2.45, 2.75) is 45.7 Å². The fraction of sp³-hybridized carbons (Fsp3) is 0.400. The molecule has 2 amide bonds. The molecule has 1 aromatic heterocycles. The van der Waals surface area contributed by atoms with E-state index in [1.165, 1.54) is 12.1 Å². The van der Waals surface area contributed by atoms with Crippen molar-refractivity contribution in [1.29, 1.82) is 0 Å². The highest BCUT2D eigenvalue weighted by Crippen LogP contribution is 2.17. The van der Waals surface area contributed by atoms with E-state index >= 15 is 0 Å². The second-order valence-corrected chi connectivity index (χ2v) is 7.16. The van der Waals surface area contributed by atoms with Crippen LogP contribution in [-0.2, 0) is 11.3 Å². The highest BCUT2D eigenvalue weighted by molar-refractivity contribution is 5.95. The number of nitrogens with zero attached hydrogens (tertiary/aromatic N) is 3. The Kier molecular flexibility index (Phi) is 5.48. The van der Waals surface area contributed by atoms with Gasteiger partial charge in [0.05, 0.1) is 17.3 Å². The Balaban J connectivity index is 1.62. The van der Waals surface area contributed by atoms with Gasteiger partial charge in [0.15, 0.2) is 0 Å². The summed E-state index contributed by atoms with van der Waals surface area (Å²) < 4.78 is 13.0. The van der Waals surface area contributed by atoms with E-state index in [9.17, 15) is 14.0 Å². The molecule has 7 heteroatoms. The summed E-state index contributed by atoms with van der Waals surface area (Å²) in [7, 11) is 0. The van der Waals surface area contributed by atoms with Crippen LogP contribution >= 0.6 is 0 Å². The highest BCUT2D eigenvalue weighted by atomic mass is 19.1. The summed E-state index contributed by atoms with van der Waals surface area (Å²) in [6.45, 7) is 6.59. The van der Waals surface area contributed by atoms with Gasteiger partial charge in [0.25, 0.3) is 5.91 Å². The second kappa shape index (κ2) is 7.82. The predicted molar refractivity (Wildman–Crippen MR) is 98.5 cm³/mol. The standard InChI is InChI=1S/C20H23FN4O2/c1-12(2)19-22-9-17(13(3)23-19)20(27)24-16-8-18(26)25(11-16)10-14-4-6-15(21)7-5-14/h4-7,9,12,16H,8,10-11H2,1-3H3,(H,24,27)/t16-/m0/s1. The Morgan fingerprint density at radius 1 is 1.33 bits per heavy atom. The number of nitrogens with one attached hydrogen (secondary N) is 1. The number of hydrogen-bond donors (Lipinski definition) is 1. The van der Waals surface area contributed by atoms with Gasteiger partial charge in [-0.2, -0.15) is 0 Å². The van der Waals surface area contributed by atoms with E-state index < -0.39 is 0 Å². The third kappa shape index (κ3) is 4.48. The minimum absolute atomic E-state index is 0.0345. The van der Waals surface area contributed by atoms with Crippen LogP contribution in [0.2, 0.25) is 0 Å². The molecule has 27 heavy (non-hydrogen) atoms. The lowest BCUT2D eigenvalue weighted by Crippen LogP contribution is -2.37. The van der Waals surface area contributed by atoms with Gasteiger partial charge in [-0.05, 0) is 24.6 Å². The van der Waals surface area contributed by atoms with Crippen molar-refractivity contribution in [2.24, 2.45) is 0 Å². The molecule has 1 fully saturated rings. The molecule has 1 atom stereocenters. The van der Waals surface area contributed by atoms with Gasteiger partial charge in [-0.25, -0.2) is 14.4 Å². The fourth-order valence-corrected chi connectivity index (χ4v) is 3.08. The van der Waals surface area contributed by atoms with Crippen molar-refractivity contribution < 1.29 is 14.0 Å². The Morgan fingerprint density at radius 3 is 2.67 bits per heavy atom. The molecule has 0 radical (unpaired) electrons. The minimum atomic E-state index is -0.308. The lowest BCUT2D eigenvalue weighted by molar-refractivity contribution is -0.128. The summed E-state index contributed by atoms with van der Waals surface area (Å²) in [5.41, 5.74) is 1.90. The summed E-state index contributed by atoms with van der Waals surface area (Å²) in [6.07, 6.45) is 1.79. The monoisotopic (exact) mass is 370 g/mol. The fourth-order valence-electron chi connectivity index (χ4n) is 3.08. The zero-order valence-electron chi connectivity index (χ0n) is 15.7. The zero-order valence-corrected chi connectivity index (χ0v) is 15.7. The van der Waals surface area contributed by atoms with Crippen molar-refractivity contribution >= 4 is 11.8 Å². The van der Waals surface area contributed by atoms with Gasteiger partial charge < -0.3 is 10.2 Å². The number of amides is 2. The number of aromatic nitrogens is 2. The average Bonchev–Trinajstić information content (AvgIpc) is 2.95. The largest absolute Gasteiger partial charge is 0.347 e. The molecule has 1 aliphatic heterocycles. The van der Waals surface area contributed by atoms with Crippen molar-refractivity contribution in [2.75, 3.05) is 6.54 Å². The first-order valence-corrected chi connectivity index (χ1v) is 9.00. The smallest absolute Gasteiger partial charge is 0.254 e. The van der Waals surface area contributed by atoms with Gasteiger partial charge in [-0.3, -0.25) is 9.59 Å². The Hall–Kier alpha value is -2.83. The van der Waals surface area contributed by atoms with Crippen LogP contribution < -0.4 is 5.32 Å². The molecule has 142 valence electrons. The van der Waals surface area contributed by atoms with Crippen LogP contribution in [0.25, 0.3) is 0 Å². The van der Waals surface area contributed by atoms with Crippen molar-refractivity contribution in [1.82, 2.24) is 20.2 Å². The summed E-state index contributed by atoms with van der Waals surface area (Å²) in [6, 6.07) is 5.80. The van der Waals surface area contributed by atoms with Crippen molar-refractivity contribution in [3.05, 3.63) is 58.9 Å². The maximum Gasteiger partial charge on any atom is 0.254 e. The molecule has 3 rings (SSSR count). The maximum atomic E-state index is 13.0. The van der Waals surface area contributed by atoms with Crippen LogP contribution in [0.4, 0.5) is 4.39 Å². The first-order valence-electron chi connectivity index (χ1n) is 9.00. The molecular weight excluding hydrogens is 347 g/mol. The normalized spacial score (nSPS) is 16.9. The maximum absolute atomic E-state index is 13.0. The van der Waals surface area contributed by atoms with Gasteiger partial charge in [0.1, 0.15) is 11.6 Å². The van der Waals surface area contributed by atoms with Crippen LogP contribution in [-0.4, -0.2) is 39.3 Å². The molecule has 2 aromatic rings. The summed E-state index contributed by atoms with van der Waals surface area (Å²) >= 11 is 0. The number of rotatable bonds is 5. The molecule has 0 unspecified atom stereocenters. The number of carbonyl (C=O) groups excluding carboxylic acids is 2. The number of likely N-dealkylation sites (tertiary alicyclic amines) is 1. The number of aryl methyl sites for hydroxylation is 1. The van der Waals surface area contributed by atoms with Gasteiger partial charge in [0, 0.05) is 31.6 Å². The first-order chi connectivity index (χ1) is 12.8. The van der Waals surface area contributed by atoms with Crippen LogP contribution in [0.15, 0.2) is 30.5 Å². The number of hydrogen-bond acceptors (Lipinski definition) is 4. The quantitative estimate of drug-likeness (QED) is 0.878. The lowest BCUT2D eigenvalue weighted by Gasteiger charge is -2.17. The van der Waals surface area contributed by atoms with E-state index in [0.29, 0.717) is 30.2 Å². The zero-order chi connectivity index (χ0) is 19.6. The summed E-state index contributed by atoms with van der Waals surface area (Å²) in [4.78, 5) is 35.1. The molecule has 1 saturated heterocycles. The van der Waals surface area contributed by atoms with E-state index in [1.807, 2.05) is 13.8 Å². The molecule has 1 N–H and O–H groups in total. The van der Waals surface area contributed by atoms with Gasteiger partial charge >= 0.3 is 0 Å². The van der Waals surface area contributed by atoms with Crippen molar-refractivity contribution in [3.8, 4) is 0 Å². The molecule has 1 aromatic carbocycles. The molecule has 2 heterocycles. The van der Waals surface area contributed by atoms with Gasteiger partial charge in [0.2, 0.25) is 5.91 Å². The van der Waals surface area contributed by atoms with Crippen LogP contribution in [0.3, 0.4) is 0 Å². The minimum Gasteiger partial charge on any atom is -0.347 e. The van der Waals surface area contributed by atoms with E-state index in [4.69, 9.17) is 0 Å². The molecule has 6 nitrogen and oxygen atoms in total. The lowest BCUT2D eigenvalue weighted by atomic mass is 10.1. The molecule has 1 aliphatic rings. The topological polar surface area (TPSA) is 75.2 Å². The van der Waals surface area contributed by atoms with E-state index in [1.54, 1.807) is 30.2 Å².